The van der Waals surface area contributed by atoms with Gasteiger partial charge in [-0.3, -0.25) is 9.59 Å². The predicted octanol–water partition coefficient (Wildman–Crippen LogP) is 0.805. The van der Waals surface area contributed by atoms with Gasteiger partial charge in [0.05, 0.1) is 13.1 Å². The lowest BCUT2D eigenvalue weighted by Gasteiger charge is -2.31. The van der Waals surface area contributed by atoms with Crippen LogP contribution in [0.1, 0.15) is 35.7 Å². The number of amides is 2. The molecule has 7 heteroatoms. The molecular weight excluding hydrogens is 330 g/mol. The van der Waals surface area contributed by atoms with Crippen molar-refractivity contribution >= 4 is 17.8 Å². The number of piperidine rings is 1. The number of carbonyl (C=O) groups is 2. The van der Waals surface area contributed by atoms with E-state index in [-0.39, 0.29) is 18.4 Å². The Morgan fingerprint density at radius 2 is 2.04 bits per heavy atom. The Morgan fingerprint density at radius 1 is 1.27 bits per heavy atom. The third-order valence-electron chi connectivity index (χ3n) is 4.93. The molecule has 0 bridgehead atoms. The molecule has 0 spiro atoms. The predicted molar refractivity (Wildman–Crippen MR) is 101 cm³/mol. The summed E-state index contributed by atoms with van der Waals surface area (Å²) >= 11 is 0. The van der Waals surface area contributed by atoms with E-state index in [2.05, 4.69) is 22.1 Å². The Hall–Kier alpha value is -2.57. The summed E-state index contributed by atoms with van der Waals surface area (Å²) in [6.45, 7) is 5.84. The highest BCUT2D eigenvalue weighted by molar-refractivity contribution is 5.97. The maximum atomic E-state index is 12.5. The van der Waals surface area contributed by atoms with E-state index in [1.165, 1.54) is 6.42 Å². The van der Waals surface area contributed by atoms with Crippen LogP contribution in [0.5, 0.6) is 0 Å². The first-order valence-electron chi connectivity index (χ1n) is 9.22. The van der Waals surface area contributed by atoms with E-state index >= 15 is 0 Å². The van der Waals surface area contributed by atoms with E-state index in [1.807, 2.05) is 12.1 Å². The zero-order chi connectivity index (χ0) is 18.5. The smallest absolute Gasteiger partial charge is 0.254 e. The Labute approximate surface area is 154 Å². The van der Waals surface area contributed by atoms with E-state index in [0.717, 1.165) is 25.1 Å². The van der Waals surface area contributed by atoms with Crippen molar-refractivity contribution in [1.82, 2.24) is 15.1 Å². The summed E-state index contributed by atoms with van der Waals surface area (Å²) in [5, 5.41) is 2.72. The minimum Gasteiger partial charge on any atom is -0.370 e. The summed E-state index contributed by atoms with van der Waals surface area (Å²) in [5.41, 5.74) is 7.72. The van der Waals surface area contributed by atoms with E-state index < -0.39 is 0 Å². The zero-order valence-corrected chi connectivity index (χ0v) is 15.3. The molecule has 2 saturated heterocycles. The van der Waals surface area contributed by atoms with E-state index in [1.54, 1.807) is 17.0 Å². The molecule has 2 fully saturated rings. The van der Waals surface area contributed by atoms with Gasteiger partial charge in [0.2, 0.25) is 5.91 Å². The van der Waals surface area contributed by atoms with Crippen molar-refractivity contribution in [3.05, 3.63) is 35.4 Å². The maximum Gasteiger partial charge on any atom is 0.254 e. The number of benzene rings is 1. The Bertz CT molecular complexity index is 686. The van der Waals surface area contributed by atoms with Crippen LogP contribution in [0.15, 0.2) is 29.3 Å². The number of likely N-dealkylation sites (tertiary alicyclic amines) is 1. The summed E-state index contributed by atoms with van der Waals surface area (Å²) in [4.78, 5) is 32.1. The van der Waals surface area contributed by atoms with Gasteiger partial charge in [0.1, 0.15) is 0 Å². The van der Waals surface area contributed by atoms with Crippen molar-refractivity contribution in [1.29, 1.82) is 0 Å². The van der Waals surface area contributed by atoms with Gasteiger partial charge < -0.3 is 20.9 Å². The van der Waals surface area contributed by atoms with Crippen molar-refractivity contribution in [2.24, 2.45) is 16.6 Å². The normalized spacial score (nSPS) is 21.5. The van der Waals surface area contributed by atoms with E-state index in [0.29, 0.717) is 37.1 Å². The number of rotatable bonds is 3. The molecule has 0 aliphatic carbocycles. The molecule has 2 aliphatic heterocycles. The number of piperazine rings is 1. The van der Waals surface area contributed by atoms with Gasteiger partial charge in [0, 0.05) is 31.7 Å². The second-order valence-corrected chi connectivity index (χ2v) is 7.14. The molecule has 1 aromatic carbocycles. The molecule has 3 rings (SSSR count). The summed E-state index contributed by atoms with van der Waals surface area (Å²) in [6, 6.07) is 7.37. The second kappa shape index (κ2) is 8.21. The quantitative estimate of drug-likeness (QED) is 0.618. The molecular formula is C19H27N5O2. The monoisotopic (exact) mass is 357 g/mol. The molecule has 3 N–H and O–H groups in total. The van der Waals surface area contributed by atoms with Crippen LogP contribution >= 0.6 is 0 Å². The van der Waals surface area contributed by atoms with E-state index in [9.17, 15) is 9.59 Å². The van der Waals surface area contributed by atoms with Gasteiger partial charge in [-0.15, -0.1) is 0 Å². The molecule has 26 heavy (non-hydrogen) atoms. The molecule has 0 radical (unpaired) electrons. The number of carbonyl (C=O) groups excluding carboxylic acids is 2. The Morgan fingerprint density at radius 3 is 2.73 bits per heavy atom. The fourth-order valence-corrected chi connectivity index (χ4v) is 3.42. The van der Waals surface area contributed by atoms with Gasteiger partial charge in [-0.1, -0.05) is 19.1 Å². The van der Waals surface area contributed by atoms with Crippen LogP contribution in [0.25, 0.3) is 0 Å². The molecule has 0 aromatic heterocycles. The average Bonchev–Trinajstić information content (AvgIpc) is 2.66. The number of hydrogen-bond acceptors (Lipinski definition) is 3. The zero-order valence-electron chi connectivity index (χ0n) is 15.3. The van der Waals surface area contributed by atoms with Crippen molar-refractivity contribution < 1.29 is 9.59 Å². The van der Waals surface area contributed by atoms with Crippen LogP contribution < -0.4 is 11.1 Å². The van der Waals surface area contributed by atoms with Gasteiger partial charge in [-0.25, -0.2) is 4.99 Å². The topological polar surface area (TPSA) is 91.0 Å². The molecule has 0 saturated carbocycles. The van der Waals surface area contributed by atoms with Crippen LogP contribution in [-0.4, -0.2) is 60.3 Å². The number of nitrogens with zero attached hydrogens (tertiary/aromatic N) is 3. The highest BCUT2D eigenvalue weighted by Gasteiger charge is 2.22. The molecule has 2 amide bonds. The average molecular weight is 357 g/mol. The lowest BCUT2D eigenvalue weighted by Crippen LogP contribution is -2.49. The maximum absolute atomic E-state index is 12.5. The third kappa shape index (κ3) is 4.53. The van der Waals surface area contributed by atoms with Crippen LogP contribution in [0.3, 0.4) is 0 Å². The van der Waals surface area contributed by atoms with Crippen molar-refractivity contribution in [2.75, 3.05) is 32.7 Å². The van der Waals surface area contributed by atoms with Crippen molar-refractivity contribution in [2.45, 2.75) is 26.3 Å². The summed E-state index contributed by atoms with van der Waals surface area (Å²) in [6.07, 6.45) is 2.40. The third-order valence-corrected chi connectivity index (χ3v) is 4.93. The largest absolute Gasteiger partial charge is 0.370 e. The fraction of sp³-hybridized carbons (Fsp3) is 0.526. The minimum absolute atomic E-state index is 0.113. The highest BCUT2D eigenvalue weighted by atomic mass is 16.2. The standard InChI is InChI=1S/C19H27N5O2/c1-14-3-2-9-24(12-14)19(20)22-11-15-4-6-16(7-5-15)18(26)23-10-8-21-17(25)13-23/h4-7,14H,2-3,8-13H2,1H3,(H2,20,22)(H,21,25). The SMILES string of the molecule is CC1CCCN(C(N)=NCc2ccc(C(=O)N3CCNC(=O)C3)cc2)C1. The number of nitrogens with two attached hydrogens (primary N) is 1. The first-order chi connectivity index (χ1) is 12.5. The number of hydrogen-bond donors (Lipinski definition) is 2. The number of aliphatic imine (C=N–C) groups is 1. The first-order valence-corrected chi connectivity index (χ1v) is 9.22. The van der Waals surface area contributed by atoms with Crippen LogP contribution in [0.2, 0.25) is 0 Å². The summed E-state index contributed by atoms with van der Waals surface area (Å²) < 4.78 is 0. The lowest BCUT2D eigenvalue weighted by atomic mass is 10.0. The molecule has 140 valence electrons. The van der Waals surface area contributed by atoms with Gasteiger partial charge in [0.25, 0.3) is 5.91 Å². The lowest BCUT2D eigenvalue weighted by molar-refractivity contribution is -0.123. The van der Waals surface area contributed by atoms with Crippen LogP contribution in [0, 0.1) is 5.92 Å². The van der Waals surface area contributed by atoms with Crippen LogP contribution in [0.4, 0.5) is 0 Å². The second-order valence-electron chi connectivity index (χ2n) is 7.14. The molecule has 1 aromatic rings. The molecule has 2 heterocycles. The summed E-state index contributed by atoms with van der Waals surface area (Å²) in [7, 11) is 0. The number of nitrogens with one attached hydrogen (secondary N) is 1. The Balaban J connectivity index is 1.58. The molecule has 1 unspecified atom stereocenters. The van der Waals surface area contributed by atoms with Gasteiger partial charge in [0.15, 0.2) is 5.96 Å². The van der Waals surface area contributed by atoms with Crippen molar-refractivity contribution in [3.63, 3.8) is 0 Å². The molecule has 7 nitrogen and oxygen atoms in total. The van der Waals surface area contributed by atoms with Crippen LogP contribution in [-0.2, 0) is 11.3 Å². The van der Waals surface area contributed by atoms with Gasteiger partial charge >= 0.3 is 0 Å². The molecule has 1 atom stereocenters. The first kappa shape index (κ1) is 18.2. The summed E-state index contributed by atoms with van der Waals surface area (Å²) in [5.74, 6) is 1.02. The van der Waals surface area contributed by atoms with E-state index in [4.69, 9.17) is 5.73 Å². The Kier molecular flexibility index (Phi) is 5.75. The number of guanidine groups is 1. The molecule has 2 aliphatic rings. The fourth-order valence-electron chi connectivity index (χ4n) is 3.42. The van der Waals surface area contributed by atoms with Crippen molar-refractivity contribution in [3.8, 4) is 0 Å². The minimum atomic E-state index is -0.114. The van der Waals surface area contributed by atoms with Gasteiger partial charge in [-0.05, 0) is 36.5 Å². The van der Waals surface area contributed by atoms with Gasteiger partial charge in [-0.2, -0.15) is 0 Å². The highest BCUT2D eigenvalue weighted by Crippen LogP contribution is 2.15.